The van der Waals surface area contributed by atoms with E-state index in [4.69, 9.17) is 23.2 Å². The predicted octanol–water partition coefficient (Wildman–Crippen LogP) is 2.68. The lowest BCUT2D eigenvalue weighted by Gasteiger charge is -1.99. The Morgan fingerprint density at radius 3 is 2.93 bits per heavy atom. The van der Waals surface area contributed by atoms with Gasteiger partial charge in [-0.1, -0.05) is 35.3 Å². The van der Waals surface area contributed by atoms with E-state index in [9.17, 15) is 4.79 Å². The Morgan fingerprint density at radius 1 is 1.53 bits per heavy atom. The summed E-state index contributed by atoms with van der Waals surface area (Å²) in [5, 5.41) is 4.43. The number of nitrogens with one attached hydrogen (secondary N) is 1. The monoisotopic (exact) mass is 246 g/mol. The zero-order chi connectivity index (χ0) is 11.3. The fourth-order valence-electron chi connectivity index (χ4n) is 0.820. The molecule has 6 heteroatoms. The molecule has 15 heavy (non-hydrogen) atoms. The molecule has 1 aromatic rings. The number of halogens is 2. The molecule has 0 fully saturated rings. The maximum absolute atomic E-state index is 10.6. The number of hydrazone groups is 1. The highest BCUT2D eigenvalue weighted by atomic mass is 35.5. The van der Waals surface area contributed by atoms with Gasteiger partial charge >= 0.3 is 6.09 Å². The van der Waals surface area contributed by atoms with Gasteiger partial charge in [0.2, 0.25) is 0 Å². The van der Waals surface area contributed by atoms with Crippen LogP contribution in [0, 0.1) is 0 Å². The van der Waals surface area contributed by atoms with E-state index in [0.29, 0.717) is 15.6 Å². The van der Waals surface area contributed by atoms with E-state index in [1.807, 2.05) is 0 Å². The molecule has 0 atom stereocenters. The Morgan fingerprint density at radius 2 is 2.27 bits per heavy atom. The van der Waals surface area contributed by atoms with Crippen LogP contribution in [0.15, 0.2) is 23.3 Å². The number of hydrogen-bond acceptors (Lipinski definition) is 3. The van der Waals surface area contributed by atoms with Crippen LogP contribution < -0.4 is 5.43 Å². The quantitative estimate of drug-likeness (QED) is 0.645. The van der Waals surface area contributed by atoms with Crippen molar-refractivity contribution >= 4 is 35.5 Å². The predicted molar refractivity (Wildman–Crippen MR) is 59.6 cm³/mol. The van der Waals surface area contributed by atoms with Crippen LogP contribution in [0.5, 0.6) is 0 Å². The first-order chi connectivity index (χ1) is 7.15. The summed E-state index contributed by atoms with van der Waals surface area (Å²) in [4.78, 5) is 10.6. The molecule has 4 nitrogen and oxygen atoms in total. The number of carbonyl (C=O) groups is 1. The molecule has 0 aliphatic carbocycles. The number of ether oxygens (including phenoxy) is 1. The van der Waals surface area contributed by atoms with E-state index in [0.717, 1.165) is 0 Å². The SMILES string of the molecule is COC(=O)N/N=C\c1cccc(Cl)c1Cl. The van der Waals surface area contributed by atoms with Gasteiger partial charge in [-0.25, -0.2) is 10.2 Å². The molecule has 0 spiro atoms. The molecule has 1 amide bonds. The van der Waals surface area contributed by atoms with E-state index in [2.05, 4.69) is 15.3 Å². The van der Waals surface area contributed by atoms with Gasteiger partial charge in [-0.2, -0.15) is 5.10 Å². The largest absolute Gasteiger partial charge is 0.452 e. The van der Waals surface area contributed by atoms with Crippen molar-refractivity contribution in [3.05, 3.63) is 33.8 Å². The maximum atomic E-state index is 10.6. The van der Waals surface area contributed by atoms with Gasteiger partial charge < -0.3 is 4.74 Å². The van der Waals surface area contributed by atoms with E-state index in [-0.39, 0.29) is 0 Å². The first-order valence-electron chi connectivity index (χ1n) is 3.96. The van der Waals surface area contributed by atoms with Crippen molar-refractivity contribution in [3.8, 4) is 0 Å². The summed E-state index contributed by atoms with van der Waals surface area (Å²) in [5.74, 6) is 0. The lowest BCUT2D eigenvalue weighted by Crippen LogP contribution is -2.16. The van der Waals surface area contributed by atoms with Crippen molar-refractivity contribution in [1.82, 2.24) is 5.43 Å². The first kappa shape index (κ1) is 11.8. The Kier molecular flexibility index (Phi) is 4.39. The third-order valence-electron chi connectivity index (χ3n) is 1.53. The van der Waals surface area contributed by atoms with E-state index in [1.165, 1.54) is 13.3 Å². The minimum atomic E-state index is -0.649. The molecule has 0 radical (unpaired) electrons. The Hall–Kier alpha value is -1.26. The van der Waals surface area contributed by atoms with Gasteiger partial charge in [0.15, 0.2) is 0 Å². The average Bonchev–Trinajstić information content (AvgIpc) is 2.24. The smallest absolute Gasteiger partial charge is 0.427 e. The summed E-state index contributed by atoms with van der Waals surface area (Å²) in [5.41, 5.74) is 2.75. The molecule has 0 heterocycles. The number of amides is 1. The highest BCUT2D eigenvalue weighted by molar-refractivity contribution is 6.43. The van der Waals surface area contributed by atoms with Gasteiger partial charge in [0.25, 0.3) is 0 Å². The fraction of sp³-hybridized carbons (Fsp3) is 0.111. The number of rotatable bonds is 2. The number of methoxy groups -OCH3 is 1. The maximum Gasteiger partial charge on any atom is 0.427 e. The minimum absolute atomic E-state index is 0.384. The molecule has 80 valence electrons. The van der Waals surface area contributed by atoms with Crippen LogP contribution in [-0.2, 0) is 4.74 Å². The van der Waals surface area contributed by atoms with Crippen molar-refractivity contribution in [2.45, 2.75) is 0 Å². The van der Waals surface area contributed by atoms with Crippen LogP contribution in [0.25, 0.3) is 0 Å². The molecular formula is C9H8Cl2N2O2. The standard InChI is InChI=1S/C9H8Cl2N2O2/c1-15-9(14)13-12-5-6-3-2-4-7(10)8(6)11/h2-5H,1H3,(H,13,14)/b12-5-. The summed E-state index contributed by atoms with van der Waals surface area (Å²) in [6, 6.07) is 5.11. The summed E-state index contributed by atoms with van der Waals surface area (Å²) < 4.78 is 4.32. The van der Waals surface area contributed by atoms with Crippen LogP contribution >= 0.6 is 23.2 Å². The lowest BCUT2D eigenvalue weighted by atomic mass is 10.2. The van der Waals surface area contributed by atoms with Crippen LogP contribution in [-0.4, -0.2) is 19.4 Å². The summed E-state index contributed by atoms with van der Waals surface area (Å²) >= 11 is 11.7. The Bertz CT molecular complexity index is 394. The highest BCUT2D eigenvalue weighted by Gasteiger charge is 2.01. The summed E-state index contributed by atoms with van der Waals surface area (Å²) in [6.45, 7) is 0. The highest BCUT2D eigenvalue weighted by Crippen LogP contribution is 2.23. The molecule has 0 aliphatic heterocycles. The second kappa shape index (κ2) is 5.58. The third kappa shape index (κ3) is 3.42. The molecule has 0 saturated heterocycles. The van der Waals surface area contributed by atoms with Gasteiger partial charge in [-0.15, -0.1) is 0 Å². The summed E-state index contributed by atoms with van der Waals surface area (Å²) in [6.07, 6.45) is 0.731. The van der Waals surface area contributed by atoms with E-state index >= 15 is 0 Å². The number of nitrogens with zero attached hydrogens (tertiary/aromatic N) is 1. The molecule has 0 aromatic heterocycles. The zero-order valence-corrected chi connectivity index (χ0v) is 9.34. The van der Waals surface area contributed by atoms with Crippen molar-refractivity contribution in [2.24, 2.45) is 5.10 Å². The number of benzene rings is 1. The molecule has 1 rings (SSSR count). The van der Waals surface area contributed by atoms with E-state index < -0.39 is 6.09 Å². The average molecular weight is 247 g/mol. The minimum Gasteiger partial charge on any atom is -0.452 e. The van der Waals surface area contributed by atoms with Crippen molar-refractivity contribution < 1.29 is 9.53 Å². The second-order valence-corrected chi connectivity index (χ2v) is 3.29. The van der Waals surface area contributed by atoms with Gasteiger partial charge in [0.1, 0.15) is 0 Å². The number of carbonyl (C=O) groups excluding carboxylic acids is 1. The molecule has 1 aromatic carbocycles. The van der Waals surface area contributed by atoms with Crippen LogP contribution in [0.1, 0.15) is 5.56 Å². The molecule has 0 unspecified atom stereocenters. The topological polar surface area (TPSA) is 50.7 Å². The fourth-order valence-corrected chi connectivity index (χ4v) is 1.18. The molecule has 0 saturated carbocycles. The second-order valence-electron chi connectivity index (χ2n) is 2.50. The van der Waals surface area contributed by atoms with Gasteiger partial charge in [0, 0.05) is 5.56 Å². The molecule has 0 bridgehead atoms. The van der Waals surface area contributed by atoms with Crippen LogP contribution in [0.4, 0.5) is 4.79 Å². The Balaban J connectivity index is 2.72. The van der Waals surface area contributed by atoms with Crippen LogP contribution in [0.3, 0.4) is 0 Å². The normalized spacial score (nSPS) is 10.3. The summed E-state index contributed by atoms with van der Waals surface area (Å²) in [7, 11) is 1.25. The van der Waals surface area contributed by atoms with Gasteiger partial charge in [-0.3, -0.25) is 0 Å². The number of hydrogen-bond donors (Lipinski definition) is 1. The first-order valence-corrected chi connectivity index (χ1v) is 4.71. The van der Waals surface area contributed by atoms with Gasteiger partial charge in [-0.05, 0) is 6.07 Å². The van der Waals surface area contributed by atoms with Crippen LogP contribution in [0.2, 0.25) is 10.0 Å². The molecular weight excluding hydrogens is 239 g/mol. The Labute approximate surface area is 96.8 Å². The zero-order valence-electron chi connectivity index (χ0n) is 7.83. The third-order valence-corrected chi connectivity index (χ3v) is 2.36. The van der Waals surface area contributed by atoms with Crippen molar-refractivity contribution in [2.75, 3.05) is 7.11 Å². The molecule has 1 N–H and O–H groups in total. The lowest BCUT2D eigenvalue weighted by molar-refractivity contribution is 0.171. The molecule has 0 aliphatic rings. The van der Waals surface area contributed by atoms with Crippen molar-refractivity contribution in [1.29, 1.82) is 0 Å². The van der Waals surface area contributed by atoms with Gasteiger partial charge in [0.05, 0.1) is 23.4 Å². The van der Waals surface area contributed by atoms with E-state index in [1.54, 1.807) is 18.2 Å². The van der Waals surface area contributed by atoms with Crippen molar-refractivity contribution in [3.63, 3.8) is 0 Å².